The van der Waals surface area contributed by atoms with E-state index in [0.717, 1.165) is 0 Å². The van der Waals surface area contributed by atoms with Crippen molar-refractivity contribution in [3.05, 3.63) is 12.5 Å². The summed E-state index contributed by atoms with van der Waals surface area (Å²) in [6.45, 7) is 3.84. The van der Waals surface area contributed by atoms with Gasteiger partial charge >= 0.3 is 6.08 Å². The van der Waals surface area contributed by atoms with Gasteiger partial charge in [-0.05, 0) is 13.8 Å². The highest BCUT2D eigenvalue weighted by Crippen LogP contribution is 2.06. The molecule has 3 nitrogen and oxygen atoms in total. The lowest BCUT2D eigenvalue weighted by atomic mass is 10.5. The monoisotopic (exact) mass is 127 g/mol. The smallest absolute Gasteiger partial charge is 0.393 e. The Kier molecular flexibility index (Phi) is 1.72. The van der Waals surface area contributed by atoms with Crippen LogP contribution in [0.1, 0.15) is 13.8 Å². The number of oxazole rings is 1. The van der Waals surface area contributed by atoms with Crippen LogP contribution in [0.2, 0.25) is 0 Å². The first kappa shape index (κ1) is 6.13. The number of rotatable bonds is 2. The number of hydrogen-bond donors (Lipinski definition) is 0. The van der Waals surface area contributed by atoms with Crippen molar-refractivity contribution in [1.82, 2.24) is 4.98 Å². The summed E-state index contributed by atoms with van der Waals surface area (Å²) in [4.78, 5) is 3.77. The van der Waals surface area contributed by atoms with Crippen molar-refractivity contribution in [3.8, 4) is 6.08 Å². The Morgan fingerprint density at radius 2 is 2.44 bits per heavy atom. The van der Waals surface area contributed by atoms with Gasteiger partial charge in [-0.15, -0.1) is 0 Å². The van der Waals surface area contributed by atoms with Crippen LogP contribution >= 0.6 is 0 Å². The van der Waals surface area contributed by atoms with Crippen molar-refractivity contribution in [1.29, 1.82) is 0 Å². The average Bonchev–Trinajstić information content (AvgIpc) is 2.15. The molecule has 0 bridgehead atoms. The van der Waals surface area contributed by atoms with Crippen LogP contribution in [-0.4, -0.2) is 11.1 Å². The molecule has 3 heteroatoms. The number of nitrogens with zero attached hydrogens (tertiary/aromatic N) is 1. The summed E-state index contributed by atoms with van der Waals surface area (Å²) < 4.78 is 9.89. The van der Waals surface area contributed by atoms with Gasteiger partial charge in [-0.1, -0.05) is 0 Å². The van der Waals surface area contributed by atoms with Gasteiger partial charge in [-0.25, -0.2) is 0 Å². The first-order valence-corrected chi connectivity index (χ1v) is 2.85. The molecule has 0 N–H and O–H groups in total. The molecule has 0 atom stereocenters. The molecule has 9 heavy (non-hydrogen) atoms. The first-order chi connectivity index (χ1) is 4.29. The van der Waals surface area contributed by atoms with E-state index >= 15 is 0 Å². The summed E-state index contributed by atoms with van der Waals surface area (Å²) in [6.07, 6.45) is 3.50. The molecule has 0 fully saturated rings. The maximum atomic E-state index is 5.08. The molecule has 0 saturated carbocycles. The number of aromatic nitrogens is 1. The van der Waals surface area contributed by atoms with E-state index in [1.807, 2.05) is 13.8 Å². The van der Waals surface area contributed by atoms with Crippen LogP contribution in [0.5, 0.6) is 6.08 Å². The van der Waals surface area contributed by atoms with Crippen LogP contribution in [0.15, 0.2) is 16.9 Å². The van der Waals surface area contributed by atoms with Crippen molar-refractivity contribution in [2.45, 2.75) is 20.0 Å². The molecule has 1 aromatic heterocycles. The third kappa shape index (κ3) is 1.76. The lowest BCUT2D eigenvalue weighted by Crippen LogP contribution is -2.05. The Balaban J connectivity index is 2.48. The molecule has 50 valence electrons. The third-order valence-electron chi connectivity index (χ3n) is 0.746. The van der Waals surface area contributed by atoms with Gasteiger partial charge in [-0.2, -0.15) is 4.98 Å². The second-order valence-electron chi connectivity index (χ2n) is 1.96. The molecule has 0 amide bonds. The van der Waals surface area contributed by atoms with E-state index in [0.29, 0.717) is 6.08 Å². The molecule has 0 aromatic carbocycles. The average molecular weight is 127 g/mol. The van der Waals surface area contributed by atoms with Crippen LogP contribution in [-0.2, 0) is 0 Å². The van der Waals surface area contributed by atoms with Gasteiger partial charge in [0.05, 0.1) is 12.3 Å². The lowest BCUT2D eigenvalue weighted by Gasteiger charge is -2.01. The van der Waals surface area contributed by atoms with Gasteiger partial charge in [-0.3, -0.25) is 0 Å². The van der Waals surface area contributed by atoms with Gasteiger partial charge in [0.2, 0.25) is 0 Å². The van der Waals surface area contributed by atoms with E-state index in [1.54, 1.807) is 6.20 Å². The lowest BCUT2D eigenvalue weighted by molar-refractivity contribution is 0.176. The van der Waals surface area contributed by atoms with Crippen LogP contribution in [0.3, 0.4) is 0 Å². The Morgan fingerprint density at radius 1 is 1.67 bits per heavy atom. The summed E-state index contributed by atoms with van der Waals surface area (Å²) in [5.74, 6) is 0. The quantitative estimate of drug-likeness (QED) is 0.603. The number of hydrogen-bond acceptors (Lipinski definition) is 3. The summed E-state index contributed by atoms with van der Waals surface area (Å²) in [6, 6.07) is 0. The Hall–Kier alpha value is -0.990. The van der Waals surface area contributed by atoms with E-state index in [2.05, 4.69) is 4.98 Å². The zero-order valence-electron chi connectivity index (χ0n) is 5.50. The van der Waals surface area contributed by atoms with E-state index < -0.39 is 0 Å². The molecule has 1 aromatic rings. The minimum atomic E-state index is 0.128. The van der Waals surface area contributed by atoms with Crippen molar-refractivity contribution in [2.75, 3.05) is 0 Å². The highest BCUT2D eigenvalue weighted by molar-refractivity contribution is 4.84. The molecule has 1 heterocycles. The molecule has 0 aliphatic rings. The summed E-state index contributed by atoms with van der Waals surface area (Å²) >= 11 is 0. The highest BCUT2D eigenvalue weighted by Gasteiger charge is 1.98. The third-order valence-corrected chi connectivity index (χ3v) is 0.746. The predicted octanol–water partition coefficient (Wildman–Crippen LogP) is 1.46. The Labute approximate surface area is 53.7 Å². The SMILES string of the molecule is CC(C)Oc1ncco1. The summed E-state index contributed by atoms with van der Waals surface area (Å²) in [5, 5.41) is 0. The van der Waals surface area contributed by atoms with Gasteiger partial charge in [0.15, 0.2) is 0 Å². The molecule has 0 saturated heterocycles. The van der Waals surface area contributed by atoms with Gasteiger partial charge < -0.3 is 9.15 Å². The summed E-state index contributed by atoms with van der Waals surface area (Å²) in [5.41, 5.74) is 0. The van der Waals surface area contributed by atoms with E-state index in [9.17, 15) is 0 Å². The minimum absolute atomic E-state index is 0.128. The van der Waals surface area contributed by atoms with Gasteiger partial charge in [0.1, 0.15) is 6.26 Å². The minimum Gasteiger partial charge on any atom is -0.447 e. The molecule has 0 aliphatic heterocycles. The Morgan fingerprint density at radius 3 is 2.89 bits per heavy atom. The number of ether oxygens (including phenoxy) is 1. The second-order valence-corrected chi connectivity index (χ2v) is 1.96. The molecule has 1 rings (SSSR count). The van der Waals surface area contributed by atoms with Gasteiger partial charge in [0, 0.05) is 0 Å². The van der Waals surface area contributed by atoms with Crippen LogP contribution in [0.25, 0.3) is 0 Å². The Bertz CT molecular complexity index is 158. The zero-order chi connectivity index (χ0) is 6.69. The fourth-order valence-electron chi connectivity index (χ4n) is 0.470. The van der Waals surface area contributed by atoms with Crippen molar-refractivity contribution >= 4 is 0 Å². The van der Waals surface area contributed by atoms with Gasteiger partial charge in [0.25, 0.3) is 0 Å². The molecular weight excluding hydrogens is 118 g/mol. The van der Waals surface area contributed by atoms with Crippen LogP contribution in [0.4, 0.5) is 0 Å². The van der Waals surface area contributed by atoms with Crippen molar-refractivity contribution in [3.63, 3.8) is 0 Å². The molecule has 0 unspecified atom stereocenters. The summed E-state index contributed by atoms with van der Waals surface area (Å²) in [7, 11) is 0. The van der Waals surface area contributed by atoms with Crippen molar-refractivity contribution < 1.29 is 9.15 Å². The van der Waals surface area contributed by atoms with E-state index in [1.165, 1.54) is 6.26 Å². The zero-order valence-corrected chi connectivity index (χ0v) is 5.50. The van der Waals surface area contributed by atoms with E-state index in [-0.39, 0.29) is 6.10 Å². The van der Waals surface area contributed by atoms with E-state index in [4.69, 9.17) is 9.15 Å². The topological polar surface area (TPSA) is 35.3 Å². The molecule has 0 aliphatic carbocycles. The van der Waals surface area contributed by atoms with Crippen molar-refractivity contribution in [2.24, 2.45) is 0 Å². The molecule has 0 spiro atoms. The standard InChI is InChI=1S/C6H9NO2/c1-5(2)9-6-7-3-4-8-6/h3-5H,1-2H3. The molecular formula is C6H9NO2. The normalized spacial score (nSPS) is 10.1. The fourth-order valence-corrected chi connectivity index (χ4v) is 0.470. The maximum absolute atomic E-state index is 5.08. The maximum Gasteiger partial charge on any atom is 0.393 e. The molecule has 0 radical (unpaired) electrons. The predicted molar refractivity (Wildman–Crippen MR) is 32.3 cm³/mol. The fraction of sp³-hybridized carbons (Fsp3) is 0.500. The highest BCUT2D eigenvalue weighted by atomic mass is 16.6. The largest absolute Gasteiger partial charge is 0.447 e. The van der Waals surface area contributed by atoms with Crippen LogP contribution < -0.4 is 4.74 Å². The first-order valence-electron chi connectivity index (χ1n) is 2.85. The van der Waals surface area contributed by atoms with Crippen LogP contribution in [0, 0.1) is 0 Å². The second kappa shape index (κ2) is 2.53.